The molecule has 0 aromatic rings. The average Bonchev–Trinajstić information content (AvgIpc) is 2.37. The number of nitrogens with two attached hydrogens (primary N) is 1. The Morgan fingerprint density at radius 2 is 2.18 bits per heavy atom. The minimum Gasteiger partial charge on any atom is -0.381 e. The number of nitrogens with zero attached hydrogens (tertiary/aromatic N) is 1. The minimum atomic E-state index is 0.201. The monoisotopic (exact) mass is 242 g/mol. The highest BCUT2D eigenvalue weighted by Gasteiger charge is 2.32. The number of hydrogen-bond acceptors (Lipinski definition) is 3. The van der Waals surface area contributed by atoms with Gasteiger partial charge in [-0.25, -0.2) is 0 Å². The van der Waals surface area contributed by atoms with Crippen molar-refractivity contribution in [1.29, 1.82) is 0 Å². The van der Waals surface area contributed by atoms with Gasteiger partial charge in [-0.1, -0.05) is 20.3 Å². The molecule has 1 rings (SSSR count). The van der Waals surface area contributed by atoms with Crippen LogP contribution in [0.25, 0.3) is 0 Å². The van der Waals surface area contributed by atoms with Gasteiger partial charge in [-0.3, -0.25) is 4.90 Å². The maximum atomic E-state index is 6.04. The predicted molar refractivity (Wildman–Crippen MR) is 73.2 cm³/mol. The Bertz CT molecular complexity index is 198. The van der Waals surface area contributed by atoms with Crippen molar-refractivity contribution in [1.82, 2.24) is 4.90 Å². The van der Waals surface area contributed by atoms with Gasteiger partial charge in [0.25, 0.3) is 0 Å². The van der Waals surface area contributed by atoms with Crippen molar-refractivity contribution in [2.24, 2.45) is 11.7 Å². The first-order valence-corrected chi connectivity index (χ1v) is 7.17. The van der Waals surface area contributed by atoms with Gasteiger partial charge in [0, 0.05) is 25.2 Å². The minimum absolute atomic E-state index is 0.201. The van der Waals surface area contributed by atoms with Gasteiger partial charge in [0.1, 0.15) is 0 Å². The van der Waals surface area contributed by atoms with Crippen molar-refractivity contribution >= 4 is 0 Å². The molecule has 0 aromatic carbocycles. The summed E-state index contributed by atoms with van der Waals surface area (Å²) in [4.78, 5) is 2.50. The Labute approximate surface area is 107 Å². The molecule has 3 nitrogen and oxygen atoms in total. The average molecular weight is 242 g/mol. The lowest BCUT2D eigenvalue weighted by atomic mass is 9.87. The fourth-order valence-corrected chi connectivity index (χ4v) is 3.04. The van der Waals surface area contributed by atoms with E-state index in [1.54, 1.807) is 0 Å². The molecule has 0 spiro atoms. The lowest BCUT2D eigenvalue weighted by Gasteiger charge is -2.43. The number of rotatable bonds is 7. The summed E-state index contributed by atoms with van der Waals surface area (Å²) in [7, 11) is 2.24. The van der Waals surface area contributed by atoms with E-state index in [0.717, 1.165) is 32.7 Å². The SMILES string of the molecule is CCCC(CC)(CN)N(C)CC1CCCOC1. The van der Waals surface area contributed by atoms with E-state index in [0.29, 0.717) is 5.92 Å². The normalized spacial score (nSPS) is 24.9. The van der Waals surface area contributed by atoms with Gasteiger partial charge in [-0.2, -0.15) is 0 Å². The second-order valence-electron chi connectivity index (χ2n) is 5.50. The molecule has 1 saturated heterocycles. The molecule has 1 aliphatic heterocycles. The molecule has 0 bridgehead atoms. The molecule has 0 saturated carbocycles. The summed E-state index contributed by atoms with van der Waals surface area (Å²) >= 11 is 0. The number of hydrogen-bond donors (Lipinski definition) is 1. The molecular weight excluding hydrogens is 212 g/mol. The Morgan fingerprint density at radius 1 is 1.41 bits per heavy atom. The van der Waals surface area contributed by atoms with E-state index in [2.05, 4.69) is 25.8 Å². The zero-order chi connectivity index (χ0) is 12.7. The van der Waals surface area contributed by atoms with Crippen LogP contribution in [-0.2, 0) is 4.74 Å². The third kappa shape index (κ3) is 3.94. The molecular formula is C14H30N2O. The second kappa shape index (κ2) is 7.34. The van der Waals surface area contributed by atoms with Gasteiger partial charge in [-0.05, 0) is 38.6 Å². The summed E-state index contributed by atoms with van der Waals surface area (Å²) in [5.74, 6) is 0.697. The molecule has 0 aliphatic carbocycles. The summed E-state index contributed by atoms with van der Waals surface area (Å²) in [5.41, 5.74) is 6.24. The molecule has 3 heteroatoms. The fraction of sp³-hybridized carbons (Fsp3) is 1.00. The Kier molecular flexibility index (Phi) is 6.45. The van der Waals surface area contributed by atoms with E-state index in [-0.39, 0.29) is 5.54 Å². The van der Waals surface area contributed by atoms with Crippen LogP contribution < -0.4 is 5.73 Å². The summed E-state index contributed by atoms with van der Waals surface area (Å²) in [5, 5.41) is 0. The van der Waals surface area contributed by atoms with E-state index in [1.165, 1.54) is 25.7 Å². The van der Waals surface area contributed by atoms with Crippen molar-refractivity contribution in [3.63, 3.8) is 0 Å². The molecule has 0 radical (unpaired) electrons. The van der Waals surface area contributed by atoms with Crippen LogP contribution in [0.4, 0.5) is 0 Å². The van der Waals surface area contributed by atoms with Crippen LogP contribution >= 0.6 is 0 Å². The van der Waals surface area contributed by atoms with Crippen LogP contribution in [0, 0.1) is 5.92 Å². The van der Waals surface area contributed by atoms with Gasteiger partial charge in [0.05, 0.1) is 6.61 Å². The lowest BCUT2D eigenvalue weighted by molar-refractivity contribution is 0.0169. The molecule has 17 heavy (non-hydrogen) atoms. The fourth-order valence-electron chi connectivity index (χ4n) is 3.04. The Balaban J connectivity index is 2.53. The Hall–Kier alpha value is -0.120. The molecule has 0 aromatic heterocycles. The van der Waals surface area contributed by atoms with Gasteiger partial charge in [0.15, 0.2) is 0 Å². The largest absolute Gasteiger partial charge is 0.381 e. The zero-order valence-electron chi connectivity index (χ0n) is 11.9. The Morgan fingerprint density at radius 3 is 2.65 bits per heavy atom. The van der Waals surface area contributed by atoms with Crippen molar-refractivity contribution in [3.8, 4) is 0 Å². The third-order valence-electron chi connectivity index (χ3n) is 4.35. The highest BCUT2D eigenvalue weighted by atomic mass is 16.5. The molecule has 1 heterocycles. The predicted octanol–water partition coefficient (Wildman–Crippen LogP) is 2.25. The van der Waals surface area contributed by atoms with E-state index >= 15 is 0 Å². The third-order valence-corrected chi connectivity index (χ3v) is 4.35. The summed E-state index contributed by atoms with van der Waals surface area (Å²) < 4.78 is 5.56. The van der Waals surface area contributed by atoms with Crippen molar-refractivity contribution in [3.05, 3.63) is 0 Å². The van der Waals surface area contributed by atoms with Crippen LogP contribution in [0.1, 0.15) is 46.0 Å². The first-order valence-electron chi connectivity index (χ1n) is 7.17. The second-order valence-corrected chi connectivity index (χ2v) is 5.50. The molecule has 0 amide bonds. The van der Waals surface area contributed by atoms with Gasteiger partial charge >= 0.3 is 0 Å². The topological polar surface area (TPSA) is 38.5 Å². The maximum absolute atomic E-state index is 6.04. The van der Waals surface area contributed by atoms with Crippen molar-refractivity contribution in [2.45, 2.75) is 51.5 Å². The number of likely N-dealkylation sites (N-methyl/N-ethyl adjacent to an activating group) is 1. The zero-order valence-corrected chi connectivity index (χ0v) is 11.9. The van der Waals surface area contributed by atoms with Crippen LogP contribution in [0.5, 0.6) is 0 Å². The van der Waals surface area contributed by atoms with Crippen molar-refractivity contribution in [2.75, 3.05) is 33.4 Å². The van der Waals surface area contributed by atoms with Crippen LogP contribution in [0.3, 0.4) is 0 Å². The van der Waals surface area contributed by atoms with E-state index in [1.807, 2.05) is 0 Å². The molecule has 2 unspecified atom stereocenters. The highest BCUT2D eigenvalue weighted by Crippen LogP contribution is 2.26. The van der Waals surface area contributed by atoms with E-state index in [4.69, 9.17) is 10.5 Å². The highest BCUT2D eigenvalue weighted by molar-refractivity contribution is 4.89. The van der Waals surface area contributed by atoms with E-state index < -0.39 is 0 Å². The van der Waals surface area contributed by atoms with Crippen molar-refractivity contribution < 1.29 is 4.74 Å². The summed E-state index contributed by atoms with van der Waals surface area (Å²) in [6, 6.07) is 0. The first-order chi connectivity index (χ1) is 8.18. The van der Waals surface area contributed by atoms with Crippen LogP contribution in [-0.4, -0.2) is 43.8 Å². The first kappa shape index (κ1) is 14.9. The van der Waals surface area contributed by atoms with Gasteiger partial charge in [0.2, 0.25) is 0 Å². The van der Waals surface area contributed by atoms with E-state index in [9.17, 15) is 0 Å². The maximum Gasteiger partial charge on any atom is 0.0506 e. The lowest BCUT2D eigenvalue weighted by Crippen LogP contribution is -2.53. The summed E-state index contributed by atoms with van der Waals surface area (Å²) in [6.45, 7) is 8.28. The smallest absolute Gasteiger partial charge is 0.0506 e. The van der Waals surface area contributed by atoms with Gasteiger partial charge < -0.3 is 10.5 Å². The van der Waals surface area contributed by atoms with Crippen LogP contribution in [0.2, 0.25) is 0 Å². The molecule has 2 atom stereocenters. The molecule has 1 aliphatic rings. The molecule has 2 N–H and O–H groups in total. The molecule has 102 valence electrons. The van der Waals surface area contributed by atoms with Crippen LogP contribution in [0.15, 0.2) is 0 Å². The molecule has 1 fully saturated rings. The number of ether oxygens (including phenoxy) is 1. The summed E-state index contributed by atoms with van der Waals surface area (Å²) in [6.07, 6.45) is 6.07. The standard InChI is InChI=1S/C14H30N2O/c1-4-8-14(5-2,12-15)16(3)10-13-7-6-9-17-11-13/h13H,4-12,15H2,1-3H3. The van der Waals surface area contributed by atoms with Gasteiger partial charge in [-0.15, -0.1) is 0 Å². The quantitative estimate of drug-likeness (QED) is 0.744.